The van der Waals surface area contributed by atoms with Gasteiger partial charge in [0, 0.05) is 17.8 Å². The predicted octanol–water partition coefficient (Wildman–Crippen LogP) is 4.06. The normalized spacial score (nSPS) is 12.5. The highest BCUT2D eigenvalue weighted by molar-refractivity contribution is 5.59. The van der Waals surface area contributed by atoms with Crippen molar-refractivity contribution >= 4 is 5.82 Å². The summed E-state index contributed by atoms with van der Waals surface area (Å²) >= 11 is 0. The van der Waals surface area contributed by atoms with E-state index in [-0.39, 0.29) is 0 Å². The summed E-state index contributed by atoms with van der Waals surface area (Å²) in [4.78, 5) is 8.52. The van der Waals surface area contributed by atoms with E-state index >= 15 is 0 Å². The third kappa shape index (κ3) is 3.38. The molecule has 2 aromatic heterocycles. The molecule has 1 atom stereocenters. The molecule has 0 aromatic carbocycles. The van der Waals surface area contributed by atoms with Crippen LogP contribution in [0.3, 0.4) is 0 Å². The van der Waals surface area contributed by atoms with Crippen molar-refractivity contribution in [1.82, 2.24) is 14.5 Å². The molecule has 1 unspecified atom stereocenters. The highest BCUT2D eigenvalue weighted by atomic mass is 15.1. The molecule has 0 bridgehead atoms. The van der Waals surface area contributed by atoms with E-state index in [1.807, 2.05) is 30.9 Å². The van der Waals surface area contributed by atoms with Crippen LogP contribution in [0.15, 0.2) is 30.9 Å². The number of aromatic nitrogens is 3. The summed E-state index contributed by atoms with van der Waals surface area (Å²) in [6.07, 6.45) is 11.7. The first-order chi connectivity index (χ1) is 9.76. The van der Waals surface area contributed by atoms with Gasteiger partial charge in [0.25, 0.3) is 0 Å². The second-order valence-corrected chi connectivity index (χ2v) is 5.24. The van der Waals surface area contributed by atoms with E-state index in [0.717, 1.165) is 11.3 Å². The molecule has 2 N–H and O–H groups in total. The maximum Gasteiger partial charge on any atom is 0.123 e. The summed E-state index contributed by atoms with van der Waals surface area (Å²) in [6.45, 7) is 4.47. The molecule has 0 aliphatic carbocycles. The number of imidazole rings is 1. The molecule has 0 aliphatic heterocycles. The SMILES string of the molecule is CCCCC(CCC)n1cncc1-c1ccc(N)nc1. The first-order valence-corrected chi connectivity index (χ1v) is 7.50. The molecule has 0 saturated carbocycles. The second kappa shape index (κ2) is 7.08. The summed E-state index contributed by atoms with van der Waals surface area (Å²) < 4.78 is 2.30. The van der Waals surface area contributed by atoms with Crippen molar-refractivity contribution in [1.29, 1.82) is 0 Å². The largest absolute Gasteiger partial charge is 0.384 e. The van der Waals surface area contributed by atoms with Crippen molar-refractivity contribution in [2.24, 2.45) is 0 Å². The van der Waals surface area contributed by atoms with Crippen LogP contribution in [0.1, 0.15) is 52.0 Å². The molecule has 4 heteroatoms. The van der Waals surface area contributed by atoms with Crippen LogP contribution < -0.4 is 5.73 Å². The fourth-order valence-corrected chi connectivity index (χ4v) is 2.57. The molecule has 0 amide bonds. The van der Waals surface area contributed by atoms with Crippen molar-refractivity contribution in [2.45, 2.75) is 52.0 Å². The Morgan fingerprint density at radius 3 is 2.65 bits per heavy atom. The molecule has 0 saturated heterocycles. The topological polar surface area (TPSA) is 56.7 Å². The Bertz CT molecular complexity index is 516. The second-order valence-electron chi connectivity index (χ2n) is 5.24. The maximum atomic E-state index is 5.66. The van der Waals surface area contributed by atoms with Crippen LogP contribution in [0.5, 0.6) is 0 Å². The summed E-state index contributed by atoms with van der Waals surface area (Å²) in [5, 5.41) is 0. The Hall–Kier alpha value is -1.84. The third-order valence-corrected chi connectivity index (χ3v) is 3.65. The molecule has 20 heavy (non-hydrogen) atoms. The minimum Gasteiger partial charge on any atom is -0.384 e. The van der Waals surface area contributed by atoms with Crippen molar-refractivity contribution in [2.75, 3.05) is 5.73 Å². The Labute approximate surface area is 121 Å². The van der Waals surface area contributed by atoms with Gasteiger partial charge in [0.2, 0.25) is 0 Å². The van der Waals surface area contributed by atoms with Crippen molar-refractivity contribution < 1.29 is 0 Å². The van der Waals surface area contributed by atoms with Gasteiger partial charge in [0.1, 0.15) is 5.82 Å². The zero-order chi connectivity index (χ0) is 14.4. The highest BCUT2D eigenvalue weighted by Gasteiger charge is 2.14. The van der Waals surface area contributed by atoms with Crippen LogP contribution in [0.4, 0.5) is 5.82 Å². The standard InChI is InChI=1S/C16H24N4/c1-3-5-7-14(6-4-2)20-12-18-11-15(20)13-8-9-16(17)19-10-13/h8-12,14H,3-7H2,1-2H3,(H2,17,19). The Morgan fingerprint density at radius 1 is 1.15 bits per heavy atom. The lowest BCUT2D eigenvalue weighted by molar-refractivity contribution is 0.420. The average molecular weight is 272 g/mol. The monoisotopic (exact) mass is 272 g/mol. The van der Waals surface area contributed by atoms with Gasteiger partial charge in [-0.2, -0.15) is 0 Å². The molecule has 0 spiro atoms. The third-order valence-electron chi connectivity index (χ3n) is 3.65. The quantitative estimate of drug-likeness (QED) is 0.827. The van der Waals surface area contributed by atoms with Gasteiger partial charge in [0.05, 0.1) is 18.2 Å². The van der Waals surface area contributed by atoms with Crippen LogP contribution >= 0.6 is 0 Å². The van der Waals surface area contributed by atoms with Crippen LogP contribution in [0.2, 0.25) is 0 Å². The summed E-state index contributed by atoms with van der Waals surface area (Å²) in [7, 11) is 0. The molecular weight excluding hydrogens is 248 g/mol. The molecule has 108 valence electrons. The van der Waals surface area contributed by atoms with Gasteiger partial charge < -0.3 is 10.3 Å². The van der Waals surface area contributed by atoms with Crippen LogP contribution in [-0.4, -0.2) is 14.5 Å². The van der Waals surface area contributed by atoms with Gasteiger partial charge in [-0.05, 0) is 25.0 Å². The molecule has 0 radical (unpaired) electrons. The van der Waals surface area contributed by atoms with E-state index in [9.17, 15) is 0 Å². The summed E-state index contributed by atoms with van der Waals surface area (Å²) in [6, 6.07) is 4.38. The molecule has 4 nitrogen and oxygen atoms in total. The average Bonchev–Trinajstić information content (AvgIpc) is 2.93. The molecule has 0 fully saturated rings. The zero-order valence-electron chi connectivity index (χ0n) is 12.4. The lowest BCUT2D eigenvalue weighted by Gasteiger charge is -2.20. The number of nitrogens with two attached hydrogens (primary N) is 1. The van der Waals surface area contributed by atoms with Gasteiger partial charge >= 0.3 is 0 Å². The van der Waals surface area contributed by atoms with E-state index < -0.39 is 0 Å². The predicted molar refractivity (Wildman–Crippen MR) is 83.3 cm³/mol. The lowest BCUT2D eigenvalue weighted by atomic mass is 10.0. The first kappa shape index (κ1) is 14.6. The van der Waals surface area contributed by atoms with Crippen LogP contribution in [-0.2, 0) is 0 Å². The lowest BCUT2D eigenvalue weighted by Crippen LogP contribution is -2.09. The smallest absolute Gasteiger partial charge is 0.123 e. The van der Waals surface area contributed by atoms with E-state index in [0.29, 0.717) is 11.9 Å². The van der Waals surface area contributed by atoms with Gasteiger partial charge in [-0.3, -0.25) is 0 Å². The van der Waals surface area contributed by atoms with Gasteiger partial charge in [-0.25, -0.2) is 9.97 Å². The Balaban J connectivity index is 2.27. The van der Waals surface area contributed by atoms with Crippen LogP contribution in [0.25, 0.3) is 11.3 Å². The number of hydrogen-bond acceptors (Lipinski definition) is 3. The zero-order valence-corrected chi connectivity index (χ0v) is 12.4. The van der Waals surface area contributed by atoms with E-state index in [1.165, 1.54) is 32.1 Å². The van der Waals surface area contributed by atoms with Gasteiger partial charge in [-0.15, -0.1) is 0 Å². The van der Waals surface area contributed by atoms with Gasteiger partial charge in [0.15, 0.2) is 0 Å². The Kier molecular flexibility index (Phi) is 5.16. The minimum atomic E-state index is 0.523. The van der Waals surface area contributed by atoms with Crippen molar-refractivity contribution in [3.8, 4) is 11.3 Å². The number of pyridine rings is 1. The number of unbranched alkanes of at least 4 members (excludes halogenated alkanes) is 1. The fraction of sp³-hybridized carbons (Fsp3) is 0.500. The molecule has 2 heterocycles. The first-order valence-electron chi connectivity index (χ1n) is 7.50. The van der Waals surface area contributed by atoms with E-state index in [4.69, 9.17) is 5.73 Å². The number of anilines is 1. The van der Waals surface area contributed by atoms with Crippen LogP contribution in [0, 0.1) is 0 Å². The molecule has 0 aliphatic rings. The van der Waals surface area contributed by atoms with Gasteiger partial charge in [-0.1, -0.05) is 33.1 Å². The number of nitrogens with zero attached hydrogens (tertiary/aromatic N) is 3. The maximum absolute atomic E-state index is 5.66. The molecule has 2 rings (SSSR count). The highest BCUT2D eigenvalue weighted by Crippen LogP contribution is 2.28. The summed E-state index contributed by atoms with van der Waals surface area (Å²) in [5.74, 6) is 0.552. The van der Waals surface area contributed by atoms with Crippen molar-refractivity contribution in [3.05, 3.63) is 30.9 Å². The number of rotatable bonds is 7. The molecule has 2 aromatic rings. The summed E-state index contributed by atoms with van der Waals surface area (Å²) in [5.41, 5.74) is 7.87. The van der Waals surface area contributed by atoms with E-state index in [2.05, 4.69) is 28.4 Å². The van der Waals surface area contributed by atoms with Crippen molar-refractivity contribution in [3.63, 3.8) is 0 Å². The number of nitrogen functional groups attached to an aromatic ring is 1. The molecular formula is C16H24N4. The minimum absolute atomic E-state index is 0.523. The number of hydrogen-bond donors (Lipinski definition) is 1. The fourth-order valence-electron chi connectivity index (χ4n) is 2.57. The van der Waals surface area contributed by atoms with E-state index in [1.54, 1.807) is 0 Å². The Morgan fingerprint density at radius 2 is 2.00 bits per heavy atom.